The van der Waals surface area contributed by atoms with Crippen LogP contribution in [0.5, 0.6) is 0 Å². The van der Waals surface area contributed by atoms with E-state index in [9.17, 15) is 4.79 Å². The number of aromatic nitrogens is 1. The molecule has 0 fully saturated rings. The Morgan fingerprint density at radius 1 is 1.39 bits per heavy atom. The van der Waals surface area contributed by atoms with Crippen molar-refractivity contribution in [2.24, 2.45) is 0 Å². The average molecular weight is 373 g/mol. The smallest absolute Gasteiger partial charge is 0.256 e. The molecule has 1 N–H and O–H groups in total. The summed E-state index contributed by atoms with van der Waals surface area (Å²) in [5.74, 6) is 0.388. The van der Waals surface area contributed by atoms with Gasteiger partial charge in [0.15, 0.2) is 0 Å². The van der Waals surface area contributed by atoms with E-state index in [1.54, 1.807) is 24.4 Å². The Morgan fingerprint density at radius 2 is 2.17 bits per heavy atom. The van der Waals surface area contributed by atoms with Crippen molar-refractivity contribution in [3.05, 3.63) is 56.2 Å². The number of nitrogens with one attached hydrogen (secondary N) is 1. The fourth-order valence-corrected chi connectivity index (χ4v) is 2.07. The molecule has 0 aliphatic carbocycles. The Hall–Kier alpha value is -1.14. The van der Waals surface area contributed by atoms with E-state index in [1.165, 1.54) is 0 Å². The molecule has 0 unspecified atom stereocenters. The van der Waals surface area contributed by atoms with Gasteiger partial charge in [0.05, 0.1) is 5.02 Å². The Bertz CT molecular complexity index is 601. The number of carbonyl (C=O) groups is 1. The minimum Gasteiger partial charge on any atom is -0.306 e. The number of amides is 1. The van der Waals surface area contributed by atoms with Gasteiger partial charge in [-0.2, -0.15) is 0 Å². The number of benzene rings is 1. The van der Waals surface area contributed by atoms with Crippen LogP contribution in [0.3, 0.4) is 0 Å². The quantitative estimate of drug-likeness (QED) is 0.813. The van der Waals surface area contributed by atoms with Crippen molar-refractivity contribution in [3.63, 3.8) is 0 Å². The summed E-state index contributed by atoms with van der Waals surface area (Å²) >= 11 is 8.01. The fraction of sp³-hybridized carbons (Fsp3) is 0.0769. The predicted molar refractivity (Wildman–Crippen MR) is 81.1 cm³/mol. The van der Waals surface area contributed by atoms with Crippen LogP contribution in [-0.2, 0) is 0 Å². The van der Waals surface area contributed by atoms with Crippen LogP contribution in [0.2, 0.25) is 5.02 Å². The molecule has 0 saturated heterocycles. The zero-order valence-corrected chi connectivity index (χ0v) is 12.5. The maximum Gasteiger partial charge on any atom is 0.256 e. The first-order valence-corrected chi connectivity index (χ1v) is 6.71. The number of hydrogen-bond donors (Lipinski definition) is 1. The molecule has 1 aromatic carbocycles. The minimum atomic E-state index is -0.189. The molecule has 2 aromatic rings. The monoisotopic (exact) mass is 372 g/mol. The molecular weight excluding hydrogens is 363 g/mol. The number of hydrogen-bond acceptors (Lipinski definition) is 2. The van der Waals surface area contributed by atoms with Gasteiger partial charge in [-0.1, -0.05) is 17.7 Å². The molecule has 0 aliphatic heterocycles. The molecule has 0 atom stereocenters. The first kappa shape index (κ1) is 13.3. The molecule has 5 heteroatoms. The van der Waals surface area contributed by atoms with Gasteiger partial charge < -0.3 is 5.32 Å². The molecule has 1 heterocycles. The normalized spacial score (nSPS) is 10.2. The van der Waals surface area contributed by atoms with Crippen LogP contribution in [0.1, 0.15) is 15.9 Å². The van der Waals surface area contributed by atoms with E-state index >= 15 is 0 Å². The van der Waals surface area contributed by atoms with Crippen LogP contribution in [0.4, 0.5) is 5.82 Å². The molecule has 18 heavy (non-hydrogen) atoms. The summed E-state index contributed by atoms with van der Waals surface area (Å²) in [6.07, 6.45) is 1.65. The topological polar surface area (TPSA) is 42.0 Å². The van der Waals surface area contributed by atoms with Crippen molar-refractivity contribution in [1.29, 1.82) is 0 Å². The average Bonchev–Trinajstić information content (AvgIpc) is 2.35. The van der Waals surface area contributed by atoms with Crippen molar-refractivity contribution < 1.29 is 4.79 Å². The van der Waals surface area contributed by atoms with Gasteiger partial charge in [-0.3, -0.25) is 4.79 Å². The summed E-state index contributed by atoms with van der Waals surface area (Å²) < 4.78 is 0.847. The summed E-state index contributed by atoms with van der Waals surface area (Å²) in [6, 6.07) is 8.88. The highest BCUT2D eigenvalue weighted by Gasteiger charge is 2.09. The first-order chi connectivity index (χ1) is 8.58. The SMILES string of the molecule is Cc1cccnc1NC(=O)c1ccc(Cl)c(I)c1. The van der Waals surface area contributed by atoms with Gasteiger partial charge in [-0.25, -0.2) is 4.98 Å². The van der Waals surface area contributed by atoms with Crippen LogP contribution in [0, 0.1) is 10.5 Å². The summed E-state index contributed by atoms with van der Waals surface area (Å²) in [5, 5.41) is 3.42. The molecule has 0 spiro atoms. The van der Waals surface area contributed by atoms with Crippen LogP contribution in [0.25, 0.3) is 0 Å². The maximum absolute atomic E-state index is 12.0. The molecule has 2 rings (SSSR count). The maximum atomic E-state index is 12.0. The lowest BCUT2D eigenvalue weighted by Crippen LogP contribution is -2.14. The van der Waals surface area contributed by atoms with Gasteiger partial charge in [0.2, 0.25) is 0 Å². The third kappa shape index (κ3) is 3.00. The van der Waals surface area contributed by atoms with Crippen molar-refractivity contribution in [2.45, 2.75) is 6.92 Å². The number of aryl methyl sites for hydroxylation is 1. The molecule has 3 nitrogen and oxygen atoms in total. The molecular formula is C13H10ClIN2O. The van der Waals surface area contributed by atoms with Gasteiger partial charge in [-0.05, 0) is 59.3 Å². The molecule has 1 amide bonds. The number of halogens is 2. The summed E-state index contributed by atoms with van der Waals surface area (Å²) in [6.45, 7) is 1.90. The fourth-order valence-electron chi connectivity index (χ4n) is 1.43. The highest BCUT2D eigenvalue weighted by molar-refractivity contribution is 14.1. The predicted octanol–water partition coefficient (Wildman–Crippen LogP) is 3.90. The number of nitrogens with zero attached hydrogens (tertiary/aromatic N) is 1. The highest BCUT2D eigenvalue weighted by atomic mass is 127. The lowest BCUT2D eigenvalue weighted by molar-refractivity contribution is 0.102. The number of rotatable bonds is 2. The van der Waals surface area contributed by atoms with Crippen LogP contribution in [0.15, 0.2) is 36.5 Å². The standard InChI is InChI=1S/C13H10ClIN2O/c1-8-3-2-6-16-12(8)17-13(18)9-4-5-10(14)11(15)7-9/h2-7H,1H3,(H,16,17,18). The minimum absolute atomic E-state index is 0.189. The molecule has 0 saturated carbocycles. The van der Waals surface area contributed by atoms with Crippen molar-refractivity contribution in [3.8, 4) is 0 Å². The Balaban J connectivity index is 2.22. The lowest BCUT2D eigenvalue weighted by Gasteiger charge is -2.07. The summed E-state index contributed by atoms with van der Waals surface area (Å²) in [4.78, 5) is 16.2. The second-order valence-electron chi connectivity index (χ2n) is 3.75. The molecule has 1 aromatic heterocycles. The van der Waals surface area contributed by atoms with E-state index in [2.05, 4.69) is 32.9 Å². The molecule has 0 bridgehead atoms. The van der Waals surface area contributed by atoms with Crippen LogP contribution < -0.4 is 5.32 Å². The highest BCUT2D eigenvalue weighted by Crippen LogP contribution is 2.20. The Morgan fingerprint density at radius 3 is 2.83 bits per heavy atom. The summed E-state index contributed by atoms with van der Waals surface area (Å²) in [7, 11) is 0. The zero-order valence-electron chi connectivity index (χ0n) is 9.58. The van der Waals surface area contributed by atoms with Gasteiger partial charge >= 0.3 is 0 Å². The van der Waals surface area contributed by atoms with Crippen LogP contribution in [-0.4, -0.2) is 10.9 Å². The van der Waals surface area contributed by atoms with Gasteiger partial charge in [0.1, 0.15) is 5.82 Å². The number of carbonyl (C=O) groups excluding carboxylic acids is 1. The van der Waals surface area contributed by atoms with E-state index in [0.29, 0.717) is 16.4 Å². The van der Waals surface area contributed by atoms with Crippen molar-refractivity contribution in [2.75, 3.05) is 5.32 Å². The van der Waals surface area contributed by atoms with E-state index < -0.39 is 0 Å². The Kier molecular flexibility index (Phi) is 4.19. The Labute approximate surface area is 124 Å². The molecule has 0 radical (unpaired) electrons. The van der Waals surface area contributed by atoms with Gasteiger partial charge in [-0.15, -0.1) is 0 Å². The first-order valence-electron chi connectivity index (χ1n) is 5.26. The van der Waals surface area contributed by atoms with Gasteiger partial charge in [0, 0.05) is 15.3 Å². The van der Waals surface area contributed by atoms with E-state index in [0.717, 1.165) is 9.13 Å². The van der Waals surface area contributed by atoms with Crippen molar-refractivity contribution in [1.82, 2.24) is 4.98 Å². The number of pyridine rings is 1. The third-order valence-electron chi connectivity index (χ3n) is 2.42. The summed E-state index contributed by atoms with van der Waals surface area (Å²) in [5.41, 5.74) is 1.49. The second kappa shape index (κ2) is 5.67. The zero-order chi connectivity index (χ0) is 13.1. The number of anilines is 1. The van der Waals surface area contributed by atoms with E-state index in [-0.39, 0.29) is 5.91 Å². The third-order valence-corrected chi connectivity index (χ3v) is 3.96. The van der Waals surface area contributed by atoms with Crippen molar-refractivity contribution >= 4 is 45.9 Å². The second-order valence-corrected chi connectivity index (χ2v) is 5.32. The lowest BCUT2D eigenvalue weighted by atomic mass is 10.2. The van der Waals surface area contributed by atoms with E-state index in [4.69, 9.17) is 11.6 Å². The largest absolute Gasteiger partial charge is 0.306 e. The van der Waals surface area contributed by atoms with Crippen LogP contribution >= 0.6 is 34.2 Å². The molecule has 0 aliphatic rings. The molecule has 92 valence electrons. The van der Waals surface area contributed by atoms with Gasteiger partial charge in [0.25, 0.3) is 5.91 Å². The van der Waals surface area contributed by atoms with E-state index in [1.807, 2.05) is 19.1 Å².